The number of pyridine rings is 1. The third-order valence-electron chi connectivity index (χ3n) is 5.36. The highest BCUT2D eigenvalue weighted by atomic mass is 16.6. The fourth-order valence-electron chi connectivity index (χ4n) is 3.79. The van der Waals surface area contributed by atoms with E-state index in [0.717, 1.165) is 33.6 Å². The Bertz CT molecular complexity index is 1270. The Labute approximate surface area is 198 Å². The monoisotopic (exact) mass is 460 g/mol. The molecule has 2 heterocycles. The highest BCUT2D eigenvalue weighted by Gasteiger charge is 2.14. The lowest BCUT2D eigenvalue weighted by Crippen LogP contribution is -2.21. The van der Waals surface area contributed by atoms with Gasteiger partial charge in [-0.05, 0) is 47.9 Å². The molecule has 0 bridgehead atoms. The Morgan fingerprint density at radius 3 is 2.76 bits per heavy atom. The molecule has 0 saturated carbocycles. The summed E-state index contributed by atoms with van der Waals surface area (Å²) >= 11 is 0. The number of para-hydroxylation sites is 1. The first-order valence-electron chi connectivity index (χ1n) is 11.1. The summed E-state index contributed by atoms with van der Waals surface area (Å²) in [6, 6.07) is 19.5. The molecule has 8 heteroatoms. The maximum atomic E-state index is 12.3. The van der Waals surface area contributed by atoms with Crippen LogP contribution in [0.25, 0.3) is 16.9 Å². The first-order chi connectivity index (χ1) is 16.6. The van der Waals surface area contributed by atoms with Gasteiger partial charge < -0.3 is 19.9 Å². The van der Waals surface area contributed by atoms with Crippen molar-refractivity contribution < 1.29 is 19.0 Å². The number of ether oxygens (including phenoxy) is 3. The summed E-state index contributed by atoms with van der Waals surface area (Å²) < 4.78 is 18.5. The summed E-state index contributed by atoms with van der Waals surface area (Å²) in [5.74, 6) is 0.305. The van der Waals surface area contributed by atoms with Crippen molar-refractivity contribution in [1.29, 1.82) is 0 Å². The number of nitrogens with zero attached hydrogens (tertiary/aromatic N) is 3. The number of carbonyl (C=O) groups excluding carboxylic acids is 1. The van der Waals surface area contributed by atoms with E-state index in [1.54, 1.807) is 20.4 Å². The SMILES string of the molecule is COCC(C)OC(=O)Cc1ccccc1OCc1cc(-c2cccc(CN)c2)n2cnnc2c1. The number of rotatable bonds is 10. The van der Waals surface area contributed by atoms with Gasteiger partial charge in [-0.3, -0.25) is 9.20 Å². The van der Waals surface area contributed by atoms with Gasteiger partial charge in [-0.25, -0.2) is 0 Å². The molecule has 1 unspecified atom stereocenters. The number of hydrogen-bond acceptors (Lipinski definition) is 7. The number of aromatic nitrogens is 3. The highest BCUT2D eigenvalue weighted by Crippen LogP contribution is 2.25. The van der Waals surface area contributed by atoms with E-state index in [9.17, 15) is 4.79 Å². The van der Waals surface area contributed by atoms with Gasteiger partial charge in [-0.2, -0.15) is 0 Å². The Morgan fingerprint density at radius 1 is 1.09 bits per heavy atom. The van der Waals surface area contributed by atoms with E-state index in [2.05, 4.69) is 22.3 Å². The van der Waals surface area contributed by atoms with Crippen molar-refractivity contribution in [1.82, 2.24) is 14.6 Å². The zero-order chi connectivity index (χ0) is 23.9. The van der Waals surface area contributed by atoms with Crippen LogP contribution in [0, 0.1) is 0 Å². The molecule has 0 spiro atoms. The van der Waals surface area contributed by atoms with Crippen LogP contribution in [0.4, 0.5) is 0 Å². The predicted molar refractivity (Wildman–Crippen MR) is 128 cm³/mol. The van der Waals surface area contributed by atoms with Gasteiger partial charge in [0.2, 0.25) is 0 Å². The van der Waals surface area contributed by atoms with Gasteiger partial charge >= 0.3 is 5.97 Å². The van der Waals surface area contributed by atoms with E-state index in [1.807, 2.05) is 52.9 Å². The number of carbonyl (C=O) groups is 1. The molecule has 0 aliphatic carbocycles. The van der Waals surface area contributed by atoms with Crippen molar-refractivity contribution in [3.8, 4) is 17.0 Å². The summed E-state index contributed by atoms with van der Waals surface area (Å²) in [5, 5.41) is 8.28. The molecule has 176 valence electrons. The summed E-state index contributed by atoms with van der Waals surface area (Å²) in [6.07, 6.45) is 1.50. The van der Waals surface area contributed by atoms with Crippen LogP contribution < -0.4 is 10.5 Å². The minimum absolute atomic E-state index is 0.116. The van der Waals surface area contributed by atoms with E-state index in [0.29, 0.717) is 25.5 Å². The standard InChI is InChI=1S/C26H28N4O4/c1-18(15-32-2)34-26(31)13-22-7-3-4-9-24(22)33-16-20-11-23(30-17-28-29-25(30)12-20)21-8-5-6-19(10-21)14-27/h3-12,17-18H,13-16,27H2,1-2H3. The average Bonchev–Trinajstić information content (AvgIpc) is 3.32. The van der Waals surface area contributed by atoms with Crippen molar-refractivity contribution >= 4 is 11.6 Å². The first kappa shape index (κ1) is 23.4. The second-order valence-corrected chi connectivity index (χ2v) is 8.04. The summed E-state index contributed by atoms with van der Waals surface area (Å²) in [7, 11) is 1.57. The summed E-state index contributed by atoms with van der Waals surface area (Å²) in [4.78, 5) is 12.3. The van der Waals surface area contributed by atoms with Gasteiger partial charge in [-0.1, -0.05) is 36.4 Å². The Kier molecular flexibility index (Phi) is 7.51. The third-order valence-corrected chi connectivity index (χ3v) is 5.36. The van der Waals surface area contributed by atoms with Crippen LogP contribution in [0.5, 0.6) is 5.75 Å². The smallest absolute Gasteiger partial charge is 0.310 e. The molecule has 0 saturated heterocycles. The van der Waals surface area contributed by atoms with Gasteiger partial charge in [-0.15, -0.1) is 10.2 Å². The molecule has 0 aliphatic rings. The second kappa shape index (κ2) is 10.9. The molecular weight excluding hydrogens is 432 g/mol. The molecule has 2 aromatic heterocycles. The fourth-order valence-corrected chi connectivity index (χ4v) is 3.79. The summed E-state index contributed by atoms with van der Waals surface area (Å²) in [5.41, 5.74) is 11.2. The molecule has 4 rings (SSSR count). The van der Waals surface area contributed by atoms with Crippen LogP contribution >= 0.6 is 0 Å². The number of fused-ring (bicyclic) bond motifs is 1. The quantitative estimate of drug-likeness (QED) is 0.361. The lowest BCUT2D eigenvalue weighted by molar-refractivity contribution is -0.149. The van der Waals surface area contributed by atoms with Crippen molar-refractivity contribution in [3.05, 3.63) is 83.7 Å². The predicted octanol–water partition coefficient (Wildman–Crippen LogP) is 3.55. The van der Waals surface area contributed by atoms with Gasteiger partial charge in [0.25, 0.3) is 0 Å². The van der Waals surface area contributed by atoms with E-state index in [4.69, 9.17) is 19.9 Å². The van der Waals surface area contributed by atoms with Crippen molar-refractivity contribution in [3.63, 3.8) is 0 Å². The highest BCUT2D eigenvalue weighted by molar-refractivity contribution is 5.73. The van der Waals surface area contributed by atoms with Crippen LogP contribution in [-0.4, -0.2) is 40.4 Å². The number of nitrogens with two attached hydrogens (primary N) is 1. The number of esters is 1. The Balaban J connectivity index is 1.54. The second-order valence-electron chi connectivity index (χ2n) is 8.04. The normalized spacial score (nSPS) is 12.0. The van der Waals surface area contributed by atoms with Crippen molar-refractivity contribution in [2.75, 3.05) is 13.7 Å². The van der Waals surface area contributed by atoms with Crippen LogP contribution in [-0.2, 0) is 33.8 Å². The van der Waals surface area contributed by atoms with Crippen LogP contribution in [0.1, 0.15) is 23.6 Å². The van der Waals surface area contributed by atoms with Crippen LogP contribution in [0.2, 0.25) is 0 Å². The minimum atomic E-state index is -0.326. The van der Waals surface area contributed by atoms with E-state index >= 15 is 0 Å². The molecule has 1 atom stereocenters. The molecule has 2 N–H and O–H groups in total. The molecule has 8 nitrogen and oxygen atoms in total. The molecule has 0 radical (unpaired) electrons. The molecule has 0 aliphatic heterocycles. The zero-order valence-electron chi connectivity index (χ0n) is 19.3. The maximum Gasteiger partial charge on any atom is 0.310 e. The maximum absolute atomic E-state index is 12.3. The molecule has 34 heavy (non-hydrogen) atoms. The van der Waals surface area contributed by atoms with E-state index < -0.39 is 0 Å². The van der Waals surface area contributed by atoms with Gasteiger partial charge in [0.05, 0.1) is 18.7 Å². The molecule has 2 aromatic carbocycles. The molecule has 4 aromatic rings. The van der Waals surface area contributed by atoms with Gasteiger partial charge in [0.15, 0.2) is 5.65 Å². The Hall–Kier alpha value is -3.75. The molecule has 0 amide bonds. The zero-order valence-corrected chi connectivity index (χ0v) is 19.3. The lowest BCUT2D eigenvalue weighted by Gasteiger charge is -2.15. The number of methoxy groups -OCH3 is 1. The van der Waals surface area contributed by atoms with Crippen molar-refractivity contribution in [2.45, 2.75) is 32.6 Å². The number of hydrogen-bond donors (Lipinski definition) is 1. The van der Waals surface area contributed by atoms with Crippen LogP contribution in [0.15, 0.2) is 67.0 Å². The molecular formula is C26H28N4O4. The Morgan fingerprint density at radius 2 is 1.94 bits per heavy atom. The van der Waals surface area contributed by atoms with Crippen molar-refractivity contribution in [2.24, 2.45) is 5.73 Å². The minimum Gasteiger partial charge on any atom is -0.489 e. The lowest BCUT2D eigenvalue weighted by atomic mass is 10.1. The van der Waals surface area contributed by atoms with Gasteiger partial charge in [0.1, 0.15) is 24.8 Å². The van der Waals surface area contributed by atoms with E-state index in [1.165, 1.54) is 0 Å². The topological polar surface area (TPSA) is 101 Å². The van der Waals surface area contributed by atoms with Crippen LogP contribution in [0.3, 0.4) is 0 Å². The molecule has 0 fully saturated rings. The average molecular weight is 461 g/mol. The van der Waals surface area contributed by atoms with Gasteiger partial charge in [0, 0.05) is 19.2 Å². The fraction of sp³-hybridized carbons (Fsp3) is 0.269. The third kappa shape index (κ3) is 5.59. The summed E-state index contributed by atoms with van der Waals surface area (Å²) in [6.45, 7) is 2.92. The number of benzene rings is 2. The first-order valence-corrected chi connectivity index (χ1v) is 11.1. The van der Waals surface area contributed by atoms with E-state index in [-0.39, 0.29) is 18.5 Å². The largest absolute Gasteiger partial charge is 0.489 e.